The standard InChI is InChI=1S/C19H22N4OS.CO2/c1-2-12-8-15(18-20-6-7-25-18)17-16(9-12)22-19(24-17)23-10-13-4-3-5-14(11-23)21-13;2-1-3/h6-9,13-14,21H,2-5,10-11H2,1H3;. The van der Waals surface area contributed by atoms with E-state index in [1.807, 2.05) is 11.6 Å². The first-order valence-electron chi connectivity index (χ1n) is 9.55. The molecule has 2 bridgehead atoms. The van der Waals surface area contributed by atoms with Gasteiger partial charge in [0, 0.05) is 36.8 Å². The zero-order valence-electron chi connectivity index (χ0n) is 15.7. The minimum atomic E-state index is 0.250. The second-order valence-corrected chi connectivity index (χ2v) is 8.05. The molecule has 146 valence electrons. The number of rotatable bonds is 3. The first kappa shape index (κ1) is 18.8. The van der Waals surface area contributed by atoms with Crippen molar-refractivity contribution in [3.63, 3.8) is 0 Å². The van der Waals surface area contributed by atoms with E-state index in [0.717, 1.165) is 47.2 Å². The Balaban J connectivity index is 0.000000604. The molecule has 5 rings (SSSR count). The van der Waals surface area contributed by atoms with Gasteiger partial charge in [-0.15, -0.1) is 11.3 Å². The summed E-state index contributed by atoms with van der Waals surface area (Å²) < 4.78 is 6.28. The molecular formula is C20H22N4O3S. The minimum Gasteiger partial charge on any atom is -0.423 e. The van der Waals surface area contributed by atoms with Crippen LogP contribution in [-0.4, -0.2) is 41.3 Å². The van der Waals surface area contributed by atoms with Gasteiger partial charge in [0.05, 0.1) is 5.56 Å². The zero-order chi connectivity index (χ0) is 19.5. The number of nitrogens with one attached hydrogen (secondary N) is 1. The predicted octanol–water partition coefficient (Wildman–Crippen LogP) is 3.26. The van der Waals surface area contributed by atoms with Gasteiger partial charge in [-0.25, -0.2) is 4.98 Å². The maximum absolute atomic E-state index is 8.12. The summed E-state index contributed by atoms with van der Waals surface area (Å²) in [5, 5.41) is 6.73. The molecular weight excluding hydrogens is 376 g/mol. The van der Waals surface area contributed by atoms with Crippen molar-refractivity contribution in [3.05, 3.63) is 29.3 Å². The number of hydrogen-bond donors (Lipinski definition) is 1. The molecule has 1 aromatic carbocycles. The van der Waals surface area contributed by atoms with Crippen LogP contribution in [0.4, 0.5) is 6.01 Å². The topological polar surface area (TPSA) is 88.3 Å². The van der Waals surface area contributed by atoms with E-state index in [4.69, 9.17) is 19.0 Å². The summed E-state index contributed by atoms with van der Waals surface area (Å²) in [5.74, 6) is 0. The molecule has 0 aliphatic carbocycles. The molecule has 0 radical (unpaired) electrons. The first-order valence-corrected chi connectivity index (χ1v) is 10.4. The number of benzene rings is 1. The van der Waals surface area contributed by atoms with Crippen LogP contribution < -0.4 is 10.2 Å². The van der Waals surface area contributed by atoms with Crippen molar-refractivity contribution in [2.75, 3.05) is 18.0 Å². The Labute approximate surface area is 166 Å². The molecule has 4 heterocycles. The van der Waals surface area contributed by atoms with Gasteiger partial charge in [0.2, 0.25) is 0 Å². The fourth-order valence-corrected chi connectivity index (χ4v) is 4.75. The lowest BCUT2D eigenvalue weighted by Gasteiger charge is -2.41. The van der Waals surface area contributed by atoms with Gasteiger partial charge < -0.3 is 14.6 Å². The number of thiazole rings is 1. The molecule has 1 N–H and O–H groups in total. The molecule has 0 saturated carbocycles. The van der Waals surface area contributed by atoms with E-state index >= 15 is 0 Å². The Kier molecular flexibility index (Phi) is 5.52. The molecule has 7 nitrogen and oxygen atoms in total. The van der Waals surface area contributed by atoms with Crippen LogP contribution in [0.2, 0.25) is 0 Å². The fourth-order valence-electron chi connectivity index (χ4n) is 4.10. The van der Waals surface area contributed by atoms with Crippen LogP contribution in [-0.2, 0) is 16.0 Å². The molecule has 2 aliphatic heterocycles. The second-order valence-electron chi connectivity index (χ2n) is 7.16. The highest BCUT2D eigenvalue weighted by atomic mass is 32.1. The number of anilines is 1. The van der Waals surface area contributed by atoms with E-state index < -0.39 is 0 Å². The van der Waals surface area contributed by atoms with Crippen LogP contribution in [0.3, 0.4) is 0 Å². The molecule has 2 fully saturated rings. The van der Waals surface area contributed by atoms with Gasteiger partial charge >= 0.3 is 6.15 Å². The first-order chi connectivity index (χ1) is 13.7. The number of nitrogens with zero attached hydrogens (tertiary/aromatic N) is 3. The Hall–Kier alpha value is -2.54. The number of aryl methyl sites for hydroxylation is 1. The van der Waals surface area contributed by atoms with Crippen LogP contribution in [0.1, 0.15) is 31.7 Å². The summed E-state index contributed by atoms with van der Waals surface area (Å²) in [6, 6.07) is 6.24. The van der Waals surface area contributed by atoms with E-state index in [2.05, 4.69) is 34.3 Å². The summed E-state index contributed by atoms with van der Waals surface area (Å²) in [4.78, 5) is 27.9. The number of oxazole rings is 1. The van der Waals surface area contributed by atoms with E-state index in [0.29, 0.717) is 12.1 Å². The van der Waals surface area contributed by atoms with Crippen molar-refractivity contribution < 1.29 is 14.0 Å². The maximum atomic E-state index is 8.12. The lowest BCUT2D eigenvalue weighted by Crippen LogP contribution is -2.58. The van der Waals surface area contributed by atoms with Gasteiger partial charge in [-0.3, -0.25) is 0 Å². The zero-order valence-corrected chi connectivity index (χ0v) is 16.5. The third-order valence-electron chi connectivity index (χ3n) is 5.34. The summed E-state index contributed by atoms with van der Waals surface area (Å²) >= 11 is 1.65. The Bertz CT molecular complexity index is 967. The molecule has 3 aromatic rings. The number of piperazine rings is 1. The van der Waals surface area contributed by atoms with Crippen LogP contribution in [0, 0.1) is 0 Å². The van der Waals surface area contributed by atoms with Gasteiger partial charge in [0.15, 0.2) is 5.58 Å². The van der Waals surface area contributed by atoms with Crippen molar-refractivity contribution in [1.82, 2.24) is 15.3 Å². The monoisotopic (exact) mass is 398 g/mol. The van der Waals surface area contributed by atoms with Crippen LogP contribution in [0.25, 0.3) is 21.7 Å². The van der Waals surface area contributed by atoms with Gasteiger partial charge in [-0.1, -0.05) is 13.3 Å². The smallest absolute Gasteiger partial charge is 0.373 e. The quantitative estimate of drug-likeness (QED) is 0.724. The van der Waals surface area contributed by atoms with E-state index in [-0.39, 0.29) is 6.15 Å². The Morgan fingerprint density at radius 1 is 1.29 bits per heavy atom. The van der Waals surface area contributed by atoms with Crippen molar-refractivity contribution in [3.8, 4) is 10.6 Å². The molecule has 0 amide bonds. The van der Waals surface area contributed by atoms with Gasteiger partial charge in [0.25, 0.3) is 6.01 Å². The number of aromatic nitrogens is 2. The summed E-state index contributed by atoms with van der Waals surface area (Å²) in [6.07, 6.45) is 6.90. The molecule has 2 unspecified atom stereocenters. The van der Waals surface area contributed by atoms with E-state index in [9.17, 15) is 0 Å². The Morgan fingerprint density at radius 3 is 2.68 bits per heavy atom. The van der Waals surface area contributed by atoms with Gasteiger partial charge in [0.1, 0.15) is 10.5 Å². The maximum Gasteiger partial charge on any atom is 0.373 e. The second kappa shape index (κ2) is 8.22. The average Bonchev–Trinajstić information content (AvgIpc) is 3.37. The average molecular weight is 398 g/mol. The van der Waals surface area contributed by atoms with Crippen molar-refractivity contribution in [2.24, 2.45) is 0 Å². The van der Waals surface area contributed by atoms with Gasteiger partial charge in [-0.05, 0) is 37.0 Å². The SMILES string of the molecule is CCc1cc(-c2nccs2)c2oc(N3CC4CCCC(C3)N4)nc2c1.O=C=O. The largest absolute Gasteiger partial charge is 0.423 e. The normalized spacial score (nSPS) is 21.1. The lowest BCUT2D eigenvalue weighted by atomic mass is 9.94. The third kappa shape index (κ3) is 3.71. The van der Waals surface area contributed by atoms with Gasteiger partial charge in [-0.2, -0.15) is 14.6 Å². The number of hydrogen-bond acceptors (Lipinski definition) is 8. The highest BCUT2D eigenvalue weighted by molar-refractivity contribution is 7.13. The molecule has 2 aliphatic rings. The van der Waals surface area contributed by atoms with Crippen molar-refractivity contribution in [1.29, 1.82) is 0 Å². The summed E-state index contributed by atoms with van der Waals surface area (Å²) in [5.41, 5.74) is 4.15. The minimum absolute atomic E-state index is 0.250. The number of piperidine rings is 1. The lowest BCUT2D eigenvalue weighted by molar-refractivity contribution is -0.191. The number of fused-ring (bicyclic) bond motifs is 3. The summed E-state index contributed by atoms with van der Waals surface area (Å²) in [6.45, 7) is 4.14. The van der Waals surface area contributed by atoms with E-state index in [1.54, 1.807) is 11.3 Å². The number of carbonyl (C=O) groups excluding carboxylic acids is 2. The van der Waals surface area contributed by atoms with Crippen LogP contribution >= 0.6 is 11.3 Å². The molecule has 2 saturated heterocycles. The van der Waals surface area contributed by atoms with Crippen LogP contribution in [0.5, 0.6) is 0 Å². The molecule has 8 heteroatoms. The van der Waals surface area contributed by atoms with Crippen LogP contribution in [0.15, 0.2) is 28.1 Å². The Morgan fingerprint density at radius 2 is 2.04 bits per heavy atom. The van der Waals surface area contributed by atoms with Crippen molar-refractivity contribution >= 4 is 34.6 Å². The molecule has 2 aromatic heterocycles. The molecule has 2 atom stereocenters. The summed E-state index contributed by atoms with van der Waals surface area (Å²) in [7, 11) is 0. The highest BCUT2D eigenvalue weighted by Gasteiger charge is 2.32. The fraction of sp³-hybridized carbons (Fsp3) is 0.450. The molecule has 28 heavy (non-hydrogen) atoms. The van der Waals surface area contributed by atoms with E-state index in [1.165, 1.54) is 24.8 Å². The highest BCUT2D eigenvalue weighted by Crippen LogP contribution is 2.35. The van der Waals surface area contributed by atoms with Crippen molar-refractivity contribution in [2.45, 2.75) is 44.7 Å². The predicted molar refractivity (Wildman–Crippen MR) is 106 cm³/mol. The third-order valence-corrected chi connectivity index (χ3v) is 6.14. The molecule has 0 spiro atoms.